The van der Waals surface area contributed by atoms with Crippen LogP contribution in [0.1, 0.15) is 70.9 Å². The molecule has 1 aliphatic carbocycles. The molecule has 1 aromatic carbocycles. The molecule has 1 saturated carbocycles. The maximum Gasteiger partial charge on any atom is 0.404 e. The number of carbonyl (C=O) groups is 2. The fourth-order valence-corrected chi connectivity index (χ4v) is 5.30. The second-order valence-corrected chi connectivity index (χ2v) is 10.6. The third kappa shape index (κ3) is 7.87. The fourth-order valence-electron chi connectivity index (χ4n) is 5.30. The Balaban J connectivity index is 1.92. The van der Waals surface area contributed by atoms with Gasteiger partial charge in [-0.1, -0.05) is 11.8 Å². The topological polar surface area (TPSA) is 118 Å². The van der Waals surface area contributed by atoms with E-state index < -0.39 is 6.09 Å². The van der Waals surface area contributed by atoms with Crippen LogP contribution in [-0.4, -0.2) is 66.3 Å². The van der Waals surface area contributed by atoms with Gasteiger partial charge in [-0.05, 0) is 96.8 Å². The van der Waals surface area contributed by atoms with E-state index in [2.05, 4.69) is 45.3 Å². The molecule has 0 saturated heterocycles. The Bertz CT molecular complexity index is 1310. The molecule has 0 unspecified atom stereocenters. The van der Waals surface area contributed by atoms with Crippen LogP contribution in [-0.2, 0) is 6.54 Å². The Morgan fingerprint density at radius 2 is 1.79 bits per heavy atom. The van der Waals surface area contributed by atoms with E-state index in [9.17, 15) is 14.4 Å². The zero-order valence-electron chi connectivity index (χ0n) is 23.9. The molecule has 2 amide bonds. The second-order valence-electron chi connectivity index (χ2n) is 10.6. The Hall–Kier alpha value is -3.77. The number of aromatic nitrogens is 1. The number of aromatic amines is 1. The fraction of sp³-hybridized carbons (Fsp3) is 0.500. The lowest BCUT2D eigenvalue weighted by Crippen LogP contribution is -2.44. The molecule has 0 spiro atoms. The van der Waals surface area contributed by atoms with Crippen molar-refractivity contribution in [3.63, 3.8) is 0 Å². The summed E-state index contributed by atoms with van der Waals surface area (Å²) < 4.78 is 0. The van der Waals surface area contributed by atoms with Crippen molar-refractivity contribution in [3.05, 3.63) is 62.1 Å². The first-order valence-corrected chi connectivity index (χ1v) is 13.5. The van der Waals surface area contributed by atoms with Crippen molar-refractivity contribution >= 4 is 17.7 Å². The van der Waals surface area contributed by atoms with Gasteiger partial charge in [0.05, 0.1) is 6.54 Å². The van der Waals surface area contributed by atoms with Crippen molar-refractivity contribution in [2.75, 3.05) is 32.1 Å². The maximum atomic E-state index is 13.5. The molecule has 2 aromatic rings. The monoisotopic (exact) mass is 535 g/mol. The highest BCUT2D eigenvalue weighted by atomic mass is 16.4. The average Bonchev–Trinajstić information content (AvgIpc) is 2.85. The Kier molecular flexibility index (Phi) is 10.2. The van der Waals surface area contributed by atoms with Crippen molar-refractivity contribution in [2.24, 2.45) is 0 Å². The Morgan fingerprint density at radius 1 is 1.10 bits per heavy atom. The minimum absolute atomic E-state index is 0.0310. The lowest BCUT2D eigenvalue weighted by molar-refractivity contribution is 0.0950. The van der Waals surface area contributed by atoms with Crippen LogP contribution in [0.3, 0.4) is 0 Å². The molecule has 0 aliphatic heterocycles. The number of nitrogens with one attached hydrogen (secondary N) is 3. The van der Waals surface area contributed by atoms with Crippen LogP contribution >= 0.6 is 0 Å². The average molecular weight is 536 g/mol. The number of H-pyrrole nitrogens is 1. The van der Waals surface area contributed by atoms with Crippen molar-refractivity contribution in [1.29, 1.82) is 0 Å². The second kappa shape index (κ2) is 13.3. The van der Waals surface area contributed by atoms with Gasteiger partial charge in [0.25, 0.3) is 11.5 Å². The van der Waals surface area contributed by atoms with Gasteiger partial charge in [-0.3, -0.25) is 14.5 Å². The summed E-state index contributed by atoms with van der Waals surface area (Å²) in [5.41, 5.74) is 5.06. The smallest absolute Gasteiger partial charge is 0.404 e. The van der Waals surface area contributed by atoms with Gasteiger partial charge in [-0.25, -0.2) is 4.79 Å². The summed E-state index contributed by atoms with van der Waals surface area (Å²) >= 11 is 0. The standard InChI is InChI=1S/C30H41N5O4/c1-7-35(24-12-10-23(11-13-24)33-30(38)39)27-17-22(9-8-14-34(5)6)16-25(21(27)4)28(36)31-18-26-19(2)15-20(3)32-29(26)37/h15-17,23-24,33H,7,10-14,18H2,1-6H3,(H,31,36)(H,32,37)(H,38,39). The molecule has 9 heteroatoms. The molecule has 0 bridgehead atoms. The molecule has 0 atom stereocenters. The summed E-state index contributed by atoms with van der Waals surface area (Å²) in [5, 5.41) is 14.6. The number of anilines is 1. The predicted octanol–water partition coefficient (Wildman–Crippen LogP) is 3.55. The Morgan fingerprint density at radius 3 is 2.38 bits per heavy atom. The summed E-state index contributed by atoms with van der Waals surface area (Å²) in [6.45, 7) is 9.22. The Labute approximate surface area is 231 Å². The van der Waals surface area contributed by atoms with Crippen molar-refractivity contribution < 1.29 is 14.7 Å². The molecule has 3 rings (SSSR count). The van der Waals surface area contributed by atoms with E-state index in [1.165, 1.54) is 0 Å². The van der Waals surface area contributed by atoms with Crippen LogP contribution in [0.5, 0.6) is 0 Å². The quantitative estimate of drug-likeness (QED) is 0.384. The number of hydrogen-bond donors (Lipinski definition) is 4. The number of carbonyl (C=O) groups excluding carboxylic acids is 1. The molecular weight excluding hydrogens is 494 g/mol. The lowest BCUT2D eigenvalue weighted by atomic mass is 9.89. The summed E-state index contributed by atoms with van der Waals surface area (Å²) in [5.74, 6) is 6.13. The molecule has 1 fully saturated rings. The summed E-state index contributed by atoms with van der Waals surface area (Å²) in [6, 6.07) is 5.97. The van der Waals surface area contributed by atoms with Gasteiger partial charge < -0.3 is 25.6 Å². The van der Waals surface area contributed by atoms with Crippen molar-refractivity contribution in [1.82, 2.24) is 20.5 Å². The first-order valence-electron chi connectivity index (χ1n) is 13.5. The SMILES string of the molecule is CCN(c1cc(C#CCN(C)C)cc(C(=O)NCc2c(C)cc(C)[nH]c2=O)c1C)C1CCC(NC(=O)O)CC1. The van der Waals surface area contributed by atoms with E-state index in [1.807, 2.05) is 51.9 Å². The lowest BCUT2D eigenvalue weighted by Gasteiger charge is -2.39. The summed E-state index contributed by atoms with van der Waals surface area (Å²) in [4.78, 5) is 44.1. The molecular formula is C30H41N5O4. The molecule has 1 aliphatic rings. The number of hydrogen-bond acceptors (Lipinski definition) is 5. The zero-order chi connectivity index (χ0) is 28.7. The number of nitrogens with zero attached hydrogens (tertiary/aromatic N) is 2. The highest BCUT2D eigenvalue weighted by Gasteiger charge is 2.28. The van der Waals surface area contributed by atoms with Gasteiger partial charge in [-0.2, -0.15) is 0 Å². The normalized spacial score (nSPS) is 16.8. The molecule has 210 valence electrons. The predicted molar refractivity (Wildman–Crippen MR) is 155 cm³/mol. The number of carboxylic acid groups (broad SMARTS) is 1. The first-order chi connectivity index (χ1) is 18.5. The highest BCUT2D eigenvalue weighted by Crippen LogP contribution is 2.32. The van der Waals surface area contributed by atoms with Crippen LogP contribution < -0.4 is 21.1 Å². The number of benzene rings is 1. The van der Waals surface area contributed by atoms with Crippen LogP contribution in [0.2, 0.25) is 0 Å². The number of amides is 2. The van der Waals surface area contributed by atoms with Crippen LogP contribution in [0, 0.1) is 32.6 Å². The van der Waals surface area contributed by atoms with Crippen LogP contribution in [0.15, 0.2) is 23.0 Å². The third-order valence-corrected chi connectivity index (χ3v) is 7.29. The van der Waals surface area contributed by atoms with Crippen molar-refractivity contribution in [3.8, 4) is 11.8 Å². The number of rotatable bonds is 8. The minimum atomic E-state index is -0.982. The van der Waals surface area contributed by atoms with E-state index in [0.29, 0.717) is 17.7 Å². The number of pyridine rings is 1. The third-order valence-electron chi connectivity index (χ3n) is 7.29. The molecule has 1 heterocycles. The molecule has 4 N–H and O–H groups in total. The molecule has 39 heavy (non-hydrogen) atoms. The molecule has 1 aromatic heterocycles. The summed E-state index contributed by atoms with van der Waals surface area (Å²) in [7, 11) is 3.91. The van der Waals surface area contributed by atoms with Crippen LogP contribution in [0.25, 0.3) is 0 Å². The van der Waals surface area contributed by atoms with Gasteiger partial charge in [-0.15, -0.1) is 0 Å². The van der Waals surface area contributed by atoms with Crippen molar-refractivity contribution in [2.45, 2.75) is 72.0 Å². The molecule has 9 nitrogen and oxygen atoms in total. The summed E-state index contributed by atoms with van der Waals surface area (Å²) in [6.07, 6.45) is 2.26. The van der Waals surface area contributed by atoms with E-state index >= 15 is 0 Å². The van der Waals surface area contributed by atoms with E-state index in [-0.39, 0.29) is 30.1 Å². The first kappa shape index (κ1) is 29.8. The van der Waals surface area contributed by atoms with Gasteiger partial charge in [0.15, 0.2) is 0 Å². The van der Waals surface area contributed by atoms with Gasteiger partial charge >= 0.3 is 6.09 Å². The highest BCUT2D eigenvalue weighted by molar-refractivity contribution is 5.97. The van der Waals surface area contributed by atoms with Gasteiger partial charge in [0, 0.05) is 53.2 Å². The number of aryl methyl sites for hydroxylation is 2. The largest absolute Gasteiger partial charge is 0.465 e. The maximum absolute atomic E-state index is 13.5. The molecule has 0 radical (unpaired) electrons. The zero-order valence-corrected chi connectivity index (χ0v) is 23.9. The van der Waals surface area contributed by atoms with Gasteiger partial charge in [0.1, 0.15) is 0 Å². The van der Waals surface area contributed by atoms with Gasteiger partial charge in [0.2, 0.25) is 0 Å². The minimum Gasteiger partial charge on any atom is -0.465 e. The van der Waals surface area contributed by atoms with Crippen LogP contribution in [0.4, 0.5) is 10.5 Å². The van der Waals surface area contributed by atoms with E-state index in [0.717, 1.165) is 60.3 Å². The van der Waals surface area contributed by atoms with E-state index in [4.69, 9.17) is 5.11 Å². The van der Waals surface area contributed by atoms with E-state index in [1.54, 1.807) is 0 Å².